The number of nitrogens with zero attached hydrogens (tertiary/aromatic N) is 6. The number of para-hydroxylation sites is 2. The minimum Gasteiger partial charge on any atom is -0.368 e. The highest BCUT2D eigenvalue weighted by atomic mass is 15.5. The van der Waals surface area contributed by atoms with E-state index in [1.165, 1.54) is 5.69 Å². The van der Waals surface area contributed by atoms with Gasteiger partial charge in [0.1, 0.15) is 6.07 Å². The zero-order valence-electron chi connectivity index (χ0n) is 14.7. The van der Waals surface area contributed by atoms with E-state index in [1.807, 2.05) is 37.3 Å². The highest BCUT2D eigenvalue weighted by molar-refractivity contribution is 5.54. The maximum absolute atomic E-state index is 9.51. The van der Waals surface area contributed by atoms with Crippen LogP contribution in [0.5, 0.6) is 0 Å². The summed E-state index contributed by atoms with van der Waals surface area (Å²) in [5.41, 5.74) is 3.59. The van der Waals surface area contributed by atoms with Crippen molar-refractivity contribution in [3.8, 4) is 11.8 Å². The van der Waals surface area contributed by atoms with Crippen LogP contribution < -0.4 is 9.80 Å². The topological polar surface area (TPSA) is 61.0 Å². The highest BCUT2D eigenvalue weighted by Crippen LogP contribution is 2.22. The maximum atomic E-state index is 9.51. The fourth-order valence-corrected chi connectivity index (χ4v) is 3.30. The van der Waals surface area contributed by atoms with Crippen molar-refractivity contribution in [1.29, 1.82) is 5.26 Å². The van der Waals surface area contributed by atoms with E-state index in [9.17, 15) is 5.26 Å². The van der Waals surface area contributed by atoms with Crippen LogP contribution in [-0.2, 0) is 0 Å². The van der Waals surface area contributed by atoms with E-state index < -0.39 is 0 Å². The summed E-state index contributed by atoms with van der Waals surface area (Å²) in [6.45, 7) is 5.44. The number of piperazine rings is 1. The van der Waals surface area contributed by atoms with Crippen LogP contribution in [-0.4, -0.2) is 41.2 Å². The molecule has 1 aliphatic heterocycles. The zero-order chi connectivity index (χ0) is 17.9. The lowest BCUT2D eigenvalue weighted by Crippen LogP contribution is -2.47. The van der Waals surface area contributed by atoms with Gasteiger partial charge in [-0.25, -0.2) is 0 Å². The van der Waals surface area contributed by atoms with Gasteiger partial charge in [-0.05, 0) is 30.7 Å². The number of nitriles is 1. The molecule has 6 nitrogen and oxygen atoms in total. The summed E-state index contributed by atoms with van der Waals surface area (Å²) in [4.78, 5) is 6.08. The van der Waals surface area contributed by atoms with Crippen LogP contribution in [0.4, 0.5) is 11.5 Å². The van der Waals surface area contributed by atoms with Crippen molar-refractivity contribution in [2.75, 3.05) is 36.0 Å². The van der Waals surface area contributed by atoms with E-state index >= 15 is 0 Å². The van der Waals surface area contributed by atoms with Gasteiger partial charge in [-0.1, -0.05) is 36.4 Å². The van der Waals surface area contributed by atoms with Crippen molar-refractivity contribution >= 4 is 11.5 Å². The molecule has 26 heavy (non-hydrogen) atoms. The average Bonchev–Trinajstić information content (AvgIpc) is 3.13. The number of hydrogen-bond acceptors (Lipinski definition) is 5. The van der Waals surface area contributed by atoms with Gasteiger partial charge in [0.15, 0.2) is 5.82 Å². The van der Waals surface area contributed by atoms with Crippen LogP contribution in [0.25, 0.3) is 5.69 Å². The Kier molecular flexibility index (Phi) is 4.28. The van der Waals surface area contributed by atoms with E-state index in [4.69, 9.17) is 0 Å². The molecule has 130 valence electrons. The lowest BCUT2D eigenvalue weighted by atomic mass is 10.2. The van der Waals surface area contributed by atoms with Crippen LogP contribution in [0.2, 0.25) is 0 Å². The molecule has 0 radical (unpaired) electrons. The molecular formula is C20H20N6. The Morgan fingerprint density at radius 2 is 1.50 bits per heavy atom. The molecule has 4 rings (SSSR count). The van der Waals surface area contributed by atoms with Gasteiger partial charge in [-0.15, -0.1) is 15.0 Å². The Morgan fingerprint density at radius 3 is 2.19 bits per heavy atom. The van der Waals surface area contributed by atoms with Gasteiger partial charge in [0.2, 0.25) is 5.69 Å². The summed E-state index contributed by atoms with van der Waals surface area (Å²) < 4.78 is 0. The molecule has 0 aliphatic carbocycles. The second-order valence-electron chi connectivity index (χ2n) is 6.37. The standard InChI is InChI=1S/C20H20N6/c1-16-7-5-6-10-19(16)26-22-18(15-21)20(23-26)25-13-11-24(12-14-25)17-8-3-2-4-9-17/h2-10H,11-14H2,1H3. The van der Waals surface area contributed by atoms with Crippen molar-refractivity contribution < 1.29 is 0 Å². The fraction of sp³-hybridized carbons (Fsp3) is 0.250. The van der Waals surface area contributed by atoms with Gasteiger partial charge in [0, 0.05) is 31.9 Å². The van der Waals surface area contributed by atoms with Gasteiger partial charge in [0.05, 0.1) is 5.69 Å². The van der Waals surface area contributed by atoms with Crippen LogP contribution in [0.15, 0.2) is 54.6 Å². The summed E-state index contributed by atoms with van der Waals surface area (Å²) in [7, 11) is 0. The predicted molar refractivity (Wildman–Crippen MR) is 102 cm³/mol. The SMILES string of the molecule is Cc1ccccc1-n1nc(C#N)c(N2CCN(c3ccccc3)CC2)n1. The van der Waals surface area contributed by atoms with Crippen molar-refractivity contribution in [3.05, 3.63) is 65.9 Å². The van der Waals surface area contributed by atoms with Crippen LogP contribution in [0.1, 0.15) is 11.3 Å². The number of aromatic nitrogens is 3. The fourth-order valence-electron chi connectivity index (χ4n) is 3.30. The van der Waals surface area contributed by atoms with Gasteiger partial charge >= 0.3 is 0 Å². The van der Waals surface area contributed by atoms with Gasteiger partial charge in [-0.2, -0.15) is 5.26 Å². The molecule has 2 heterocycles. The molecule has 0 atom stereocenters. The summed E-state index contributed by atoms with van der Waals surface area (Å²) in [6.07, 6.45) is 0. The van der Waals surface area contributed by atoms with Gasteiger partial charge in [-0.3, -0.25) is 0 Å². The first-order valence-electron chi connectivity index (χ1n) is 8.74. The number of rotatable bonds is 3. The summed E-state index contributed by atoms with van der Waals surface area (Å²) in [5, 5.41) is 18.5. The molecule has 6 heteroatoms. The summed E-state index contributed by atoms with van der Waals surface area (Å²) in [5.74, 6) is 0.670. The number of anilines is 2. The first-order chi connectivity index (χ1) is 12.8. The van der Waals surface area contributed by atoms with E-state index in [1.54, 1.807) is 4.80 Å². The minimum absolute atomic E-state index is 0.376. The second kappa shape index (κ2) is 6.89. The average molecular weight is 344 g/mol. The molecule has 0 saturated carbocycles. The van der Waals surface area contributed by atoms with Crippen LogP contribution in [0.3, 0.4) is 0 Å². The lowest BCUT2D eigenvalue weighted by Gasteiger charge is -2.36. The maximum Gasteiger partial charge on any atom is 0.207 e. The third-order valence-corrected chi connectivity index (χ3v) is 4.73. The van der Waals surface area contributed by atoms with Crippen LogP contribution >= 0.6 is 0 Å². The Morgan fingerprint density at radius 1 is 0.846 bits per heavy atom. The molecule has 0 amide bonds. The van der Waals surface area contributed by atoms with Gasteiger partial charge in [0.25, 0.3) is 0 Å². The van der Waals surface area contributed by atoms with Crippen molar-refractivity contribution in [3.63, 3.8) is 0 Å². The Bertz CT molecular complexity index is 932. The molecule has 2 aromatic carbocycles. The molecule has 3 aromatic rings. The second-order valence-corrected chi connectivity index (χ2v) is 6.37. The number of hydrogen-bond donors (Lipinski definition) is 0. The predicted octanol–water partition coefficient (Wildman–Crippen LogP) is 2.77. The highest BCUT2D eigenvalue weighted by Gasteiger charge is 2.23. The number of aryl methyl sites for hydroxylation is 1. The largest absolute Gasteiger partial charge is 0.368 e. The monoisotopic (exact) mass is 344 g/mol. The first kappa shape index (κ1) is 16.2. The Hall–Kier alpha value is -3.33. The van der Waals surface area contributed by atoms with Crippen LogP contribution in [0, 0.1) is 18.3 Å². The van der Waals surface area contributed by atoms with E-state index in [-0.39, 0.29) is 0 Å². The molecule has 1 aliphatic rings. The van der Waals surface area contributed by atoms with E-state index in [0.29, 0.717) is 11.5 Å². The minimum atomic E-state index is 0.376. The third-order valence-electron chi connectivity index (χ3n) is 4.73. The third kappa shape index (κ3) is 3.00. The molecule has 0 N–H and O–H groups in total. The van der Waals surface area contributed by atoms with Crippen molar-refractivity contribution in [2.24, 2.45) is 0 Å². The smallest absolute Gasteiger partial charge is 0.207 e. The normalized spacial score (nSPS) is 14.3. The molecule has 0 unspecified atom stereocenters. The first-order valence-corrected chi connectivity index (χ1v) is 8.74. The molecule has 1 aromatic heterocycles. The zero-order valence-corrected chi connectivity index (χ0v) is 14.7. The molecule has 0 spiro atoms. The summed E-state index contributed by atoms with van der Waals surface area (Å²) in [6, 6.07) is 20.5. The Balaban J connectivity index is 1.56. The molecule has 1 fully saturated rings. The van der Waals surface area contributed by atoms with Crippen molar-refractivity contribution in [2.45, 2.75) is 6.92 Å². The Labute approximate surface area is 152 Å². The van der Waals surface area contributed by atoms with E-state index in [0.717, 1.165) is 37.4 Å². The van der Waals surface area contributed by atoms with E-state index in [2.05, 4.69) is 50.3 Å². The van der Waals surface area contributed by atoms with Gasteiger partial charge < -0.3 is 9.80 Å². The lowest BCUT2D eigenvalue weighted by molar-refractivity contribution is 0.641. The number of benzene rings is 2. The molecule has 1 saturated heterocycles. The summed E-state index contributed by atoms with van der Waals surface area (Å²) >= 11 is 0. The van der Waals surface area contributed by atoms with Crippen molar-refractivity contribution in [1.82, 2.24) is 15.0 Å². The molecule has 0 bridgehead atoms. The quantitative estimate of drug-likeness (QED) is 0.731. The molecular weight excluding hydrogens is 324 g/mol.